The van der Waals surface area contributed by atoms with Crippen molar-refractivity contribution in [2.75, 3.05) is 44.4 Å². The van der Waals surface area contributed by atoms with Crippen molar-refractivity contribution in [1.29, 1.82) is 0 Å². The molecule has 32 heteroatoms. The van der Waals surface area contributed by atoms with Gasteiger partial charge in [-0.15, -0.1) is 0 Å². The third-order valence-electron chi connectivity index (χ3n) is 13.8. The molecule has 1 aliphatic rings. The Kier molecular flexibility index (Phi) is 29.7. The van der Waals surface area contributed by atoms with E-state index in [9.17, 15) is 68.1 Å². The van der Waals surface area contributed by atoms with Gasteiger partial charge in [0.15, 0.2) is 5.96 Å². The molecular formula is C52H83N15O15S2. The van der Waals surface area contributed by atoms with Gasteiger partial charge in [0.25, 0.3) is 0 Å². The van der Waals surface area contributed by atoms with Crippen LogP contribution in [-0.4, -0.2) is 212 Å². The van der Waals surface area contributed by atoms with Crippen LogP contribution in [0.1, 0.15) is 78.7 Å². The molecule has 0 aliphatic carbocycles. The standard InChI is InChI=1S/C52H83N15O15S2/c1-6-26(4)40(49(79)63-36(22-70)50(80)67-16-10-14-39(67)48(78)65-38(24-84)47(77)61-34(20-68)44(74)58-27(5)51(81)82)66-43(73)33(18-28-19-57-31-13-8-7-11-29(28)31)60-45(75)35(21-69)62-46(76)37(23-83)64-42(72)32(17-25(2)3)59-41(71)30(53)12-9-15-56-52(54)55/h7-8,11,13,19,25-27,30,32-40,57,68-70,83-84H,6,9-10,12,14-18,20-24,53H2,1-5H3,(H,58,74)(H,59,71)(H,60,75)(H,61,77)(H,62,76)(H,63,79)(H,64,72)(H,65,78)(H,66,73)(H,81,82)(H4,54,55,56)/t26-,27-,30-,32-,33-,34-,35-,36-,37-,38-,39-,40-/m0/s1. The fraction of sp³-hybridized carbons (Fsp3) is 0.615. The van der Waals surface area contributed by atoms with E-state index in [4.69, 9.17) is 22.3 Å². The summed E-state index contributed by atoms with van der Waals surface area (Å²) in [6.07, 6.45) is 2.74. The van der Waals surface area contributed by atoms with Crippen LogP contribution in [0.2, 0.25) is 0 Å². The van der Waals surface area contributed by atoms with Crippen LogP contribution in [0.4, 0.5) is 0 Å². The number of aliphatic carboxylic acids is 1. The van der Waals surface area contributed by atoms with Crippen molar-refractivity contribution in [3.05, 3.63) is 36.0 Å². The van der Waals surface area contributed by atoms with Crippen LogP contribution < -0.4 is 65.1 Å². The summed E-state index contributed by atoms with van der Waals surface area (Å²) in [6.45, 7) is 5.42. The number of amides is 10. The predicted octanol–water partition coefficient (Wildman–Crippen LogP) is -5.52. The fourth-order valence-corrected chi connectivity index (χ4v) is 9.29. The number of aliphatic imine (C=N–C) groups is 1. The van der Waals surface area contributed by atoms with E-state index < -0.39 is 157 Å². The molecule has 1 saturated heterocycles. The second-order valence-corrected chi connectivity index (χ2v) is 21.4. The van der Waals surface area contributed by atoms with Crippen LogP contribution >= 0.6 is 25.3 Å². The van der Waals surface area contributed by atoms with Crippen LogP contribution in [0.3, 0.4) is 0 Å². The number of para-hydroxylation sites is 1. The quantitative estimate of drug-likeness (QED) is 0.0132. The highest BCUT2D eigenvalue weighted by Crippen LogP contribution is 2.22. The van der Waals surface area contributed by atoms with Crippen molar-refractivity contribution in [3.63, 3.8) is 0 Å². The van der Waals surface area contributed by atoms with Gasteiger partial charge in [-0.3, -0.25) is 57.7 Å². The van der Waals surface area contributed by atoms with Gasteiger partial charge < -0.3 is 95.4 Å². The van der Waals surface area contributed by atoms with Gasteiger partial charge in [0, 0.05) is 48.1 Å². The van der Waals surface area contributed by atoms with E-state index in [1.807, 2.05) is 13.8 Å². The predicted molar refractivity (Wildman–Crippen MR) is 313 cm³/mol. The molecule has 12 atom stereocenters. The molecule has 0 spiro atoms. The second kappa shape index (κ2) is 35.1. The summed E-state index contributed by atoms with van der Waals surface area (Å²) in [7, 11) is 0. The number of carbonyl (C=O) groups is 11. The number of benzene rings is 1. The normalized spacial score (nSPS) is 17.0. The minimum Gasteiger partial charge on any atom is -0.480 e. The molecule has 0 bridgehead atoms. The number of nitrogens with one attached hydrogen (secondary N) is 10. The van der Waals surface area contributed by atoms with Crippen molar-refractivity contribution >= 4 is 107 Å². The van der Waals surface area contributed by atoms with Gasteiger partial charge in [-0.1, -0.05) is 52.3 Å². The van der Waals surface area contributed by atoms with E-state index in [2.05, 4.69) is 83.1 Å². The first-order chi connectivity index (χ1) is 39.7. The van der Waals surface area contributed by atoms with Gasteiger partial charge in [-0.25, -0.2) is 0 Å². The van der Waals surface area contributed by atoms with Gasteiger partial charge in [0.2, 0.25) is 59.1 Å². The highest BCUT2D eigenvalue weighted by atomic mass is 32.1. The Balaban J connectivity index is 1.81. The number of nitrogens with zero attached hydrogens (tertiary/aromatic N) is 2. The summed E-state index contributed by atoms with van der Waals surface area (Å²) in [5.41, 5.74) is 18.0. The molecule has 0 saturated carbocycles. The van der Waals surface area contributed by atoms with Crippen LogP contribution in [0, 0.1) is 11.8 Å². The van der Waals surface area contributed by atoms with E-state index in [-0.39, 0.29) is 75.0 Å². The first-order valence-electron chi connectivity index (χ1n) is 27.4. The molecule has 2 heterocycles. The zero-order valence-corrected chi connectivity index (χ0v) is 49.4. The largest absolute Gasteiger partial charge is 0.480 e. The number of guanidine groups is 1. The van der Waals surface area contributed by atoms with Gasteiger partial charge >= 0.3 is 5.97 Å². The smallest absolute Gasteiger partial charge is 0.325 e. The van der Waals surface area contributed by atoms with Crippen LogP contribution in [0.25, 0.3) is 10.9 Å². The maximum absolute atomic E-state index is 14.6. The molecule has 1 aliphatic heterocycles. The highest BCUT2D eigenvalue weighted by Gasteiger charge is 2.41. The SMILES string of the molecule is CC[C@H](C)[C@H](NC(=O)[C@H](Cc1c[nH]c2ccccc12)NC(=O)[C@H](CO)NC(=O)[C@H](CS)NC(=O)[C@H](CC(C)C)NC(=O)[C@@H](N)CCCN=C(N)N)C(=O)N[C@@H](CO)C(=O)N1CCC[C@H]1C(=O)N[C@@H](CS)C(=O)N[C@@H](CO)C(=O)N[C@@H](C)C(=O)O. The summed E-state index contributed by atoms with van der Waals surface area (Å²) in [6, 6.07) is -8.49. The van der Waals surface area contributed by atoms with Gasteiger partial charge in [-0.2, -0.15) is 25.3 Å². The first kappa shape index (κ1) is 71.0. The summed E-state index contributed by atoms with van der Waals surface area (Å²) in [5.74, 6) is -11.9. The molecule has 3 rings (SSSR count). The van der Waals surface area contributed by atoms with E-state index in [0.29, 0.717) is 22.9 Å². The molecule has 84 heavy (non-hydrogen) atoms. The number of nitrogens with two attached hydrogens (primary N) is 3. The third kappa shape index (κ3) is 21.4. The van der Waals surface area contributed by atoms with Crippen LogP contribution in [0.5, 0.6) is 0 Å². The Bertz CT molecular complexity index is 2640. The molecule has 2 aromatic rings. The summed E-state index contributed by atoms with van der Waals surface area (Å²) in [4.78, 5) is 156. The van der Waals surface area contributed by atoms with Crippen LogP contribution in [-0.2, 0) is 59.2 Å². The van der Waals surface area contributed by atoms with Gasteiger partial charge in [0.1, 0.15) is 60.4 Å². The third-order valence-corrected chi connectivity index (χ3v) is 14.5. The molecule has 1 fully saturated rings. The number of aromatic amines is 1. The van der Waals surface area contributed by atoms with E-state index in [1.165, 1.54) is 6.92 Å². The van der Waals surface area contributed by atoms with Gasteiger partial charge in [-0.05, 0) is 62.5 Å². The van der Waals surface area contributed by atoms with Crippen molar-refractivity contribution in [3.8, 4) is 0 Å². The van der Waals surface area contributed by atoms with Crippen molar-refractivity contribution in [2.24, 2.45) is 34.0 Å². The number of likely N-dealkylation sites (tertiary alicyclic amines) is 1. The average molecular weight is 1220 g/mol. The highest BCUT2D eigenvalue weighted by molar-refractivity contribution is 7.80. The minimum atomic E-state index is -1.73. The fourth-order valence-electron chi connectivity index (χ4n) is 8.78. The maximum atomic E-state index is 14.6. The molecule has 468 valence electrons. The van der Waals surface area contributed by atoms with Crippen LogP contribution in [0.15, 0.2) is 35.5 Å². The lowest BCUT2D eigenvalue weighted by atomic mass is 9.96. The second-order valence-electron chi connectivity index (χ2n) is 20.7. The number of rotatable bonds is 35. The Morgan fingerprint density at radius 3 is 1.75 bits per heavy atom. The van der Waals surface area contributed by atoms with E-state index >= 15 is 0 Å². The number of carboxylic acids is 1. The van der Waals surface area contributed by atoms with E-state index in [1.54, 1.807) is 44.3 Å². The molecule has 20 N–H and O–H groups in total. The molecule has 1 aromatic carbocycles. The lowest BCUT2D eigenvalue weighted by Crippen LogP contribution is -2.62. The number of fused-ring (bicyclic) bond motifs is 1. The lowest BCUT2D eigenvalue weighted by Gasteiger charge is -2.31. The number of carbonyl (C=O) groups excluding carboxylic acids is 10. The first-order valence-corrected chi connectivity index (χ1v) is 28.7. The topological polar surface area (TPSA) is 486 Å². The lowest BCUT2D eigenvalue weighted by molar-refractivity contribution is -0.143. The molecule has 0 unspecified atom stereocenters. The Morgan fingerprint density at radius 2 is 1.19 bits per heavy atom. The number of H-pyrrole nitrogens is 1. The Hall–Kier alpha value is -7.26. The Morgan fingerprint density at radius 1 is 0.679 bits per heavy atom. The summed E-state index contributed by atoms with van der Waals surface area (Å²) >= 11 is 8.36. The van der Waals surface area contributed by atoms with E-state index in [0.717, 1.165) is 4.90 Å². The summed E-state index contributed by atoms with van der Waals surface area (Å²) in [5, 5.41) is 62.6. The average Bonchev–Trinajstić information content (AvgIpc) is 3.64. The molecule has 1 aromatic heterocycles. The number of hydrogen-bond donors (Lipinski definition) is 19. The minimum absolute atomic E-state index is 0.0192. The molecule has 0 radical (unpaired) electrons. The van der Waals surface area contributed by atoms with Crippen molar-refractivity contribution in [2.45, 2.75) is 146 Å². The number of aromatic nitrogens is 1. The van der Waals surface area contributed by atoms with Gasteiger partial charge in [0.05, 0.1) is 25.9 Å². The molecular weight excluding hydrogens is 1140 g/mol. The number of carboxylic acid groups (broad SMARTS) is 1. The number of aliphatic hydroxyl groups excluding tert-OH is 3. The zero-order chi connectivity index (χ0) is 63.0. The monoisotopic (exact) mass is 1220 g/mol. The molecule has 30 nitrogen and oxygen atoms in total. The summed E-state index contributed by atoms with van der Waals surface area (Å²) < 4.78 is 0. The van der Waals surface area contributed by atoms with Crippen molar-refractivity contribution < 1.29 is 73.2 Å². The number of aliphatic hydroxyl groups is 3. The number of hydrogen-bond acceptors (Lipinski definition) is 18. The Labute approximate surface area is 496 Å². The van der Waals surface area contributed by atoms with Crippen molar-refractivity contribution in [1.82, 2.24) is 57.7 Å². The maximum Gasteiger partial charge on any atom is 0.325 e. The molecule has 10 amide bonds. The zero-order valence-electron chi connectivity index (χ0n) is 47.6. The number of thiol groups is 2.